The summed E-state index contributed by atoms with van der Waals surface area (Å²) < 4.78 is 20.8. The average Bonchev–Trinajstić information content (AvgIpc) is 2.65. The van der Waals surface area contributed by atoms with Gasteiger partial charge < -0.3 is 35.5 Å². The molecule has 0 aliphatic heterocycles. The van der Waals surface area contributed by atoms with Crippen LogP contribution in [0.5, 0.6) is 23.0 Å². The van der Waals surface area contributed by atoms with Crippen LogP contribution in [0, 0.1) is 0 Å². The Balaban J connectivity index is 0.000000291. The zero-order valence-electron chi connectivity index (χ0n) is 18.3. The van der Waals surface area contributed by atoms with E-state index in [0.717, 1.165) is 11.1 Å². The molecule has 0 unspecified atom stereocenters. The Morgan fingerprint density at radius 1 is 0.793 bits per heavy atom. The summed E-state index contributed by atoms with van der Waals surface area (Å²) in [5, 5.41) is 10.0. The van der Waals surface area contributed by atoms with Crippen LogP contribution in [0.4, 0.5) is 11.4 Å². The molecule has 29 heavy (non-hydrogen) atoms. The summed E-state index contributed by atoms with van der Waals surface area (Å²) in [4.78, 5) is 0. The third kappa shape index (κ3) is 5.96. The summed E-state index contributed by atoms with van der Waals surface area (Å²) in [6, 6.07) is 6.84. The third-order valence-electron chi connectivity index (χ3n) is 4.09. The molecule has 0 aliphatic carbocycles. The van der Waals surface area contributed by atoms with Gasteiger partial charge in [-0.25, -0.2) is 0 Å². The maximum atomic E-state index is 10.0. The molecule has 2 aromatic rings. The minimum absolute atomic E-state index is 0.527. The van der Waals surface area contributed by atoms with E-state index in [1.54, 1.807) is 52.3 Å². The Kier molecular flexibility index (Phi) is 8.21. The predicted molar refractivity (Wildman–Crippen MR) is 118 cm³/mol. The van der Waals surface area contributed by atoms with Gasteiger partial charge in [0.05, 0.1) is 45.2 Å². The van der Waals surface area contributed by atoms with Crippen LogP contribution in [0.15, 0.2) is 30.8 Å². The van der Waals surface area contributed by atoms with Crippen LogP contribution in [-0.2, 0) is 5.60 Å². The molecular formula is C22H32N2O5. The average molecular weight is 405 g/mol. The molecule has 0 saturated carbocycles. The van der Waals surface area contributed by atoms with Gasteiger partial charge in [0.15, 0.2) is 0 Å². The van der Waals surface area contributed by atoms with Crippen molar-refractivity contribution in [2.45, 2.75) is 26.4 Å². The van der Waals surface area contributed by atoms with Crippen LogP contribution < -0.4 is 30.4 Å². The summed E-state index contributed by atoms with van der Waals surface area (Å²) in [6.45, 7) is 9.11. The molecule has 0 saturated heterocycles. The summed E-state index contributed by atoms with van der Waals surface area (Å²) in [7, 11) is 6.26. The fourth-order valence-electron chi connectivity index (χ4n) is 2.89. The Bertz CT molecular complexity index is 807. The van der Waals surface area contributed by atoms with Crippen molar-refractivity contribution in [3.63, 3.8) is 0 Å². The first-order valence-corrected chi connectivity index (χ1v) is 8.91. The lowest BCUT2D eigenvalue weighted by atomic mass is 9.95. The predicted octanol–water partition coefficient (Wildman–Crippen LogP) is 3.83. The van der Waals surface area contributed by atoms with Crippen molar-refractivity contribution in [2.75, 3.05) is 39.9 Å². The normalized spacial score (nSPS) is 10.5. The molecule has 2 rings (SSSR count). The van der Waals surface area contributed by atoms with Crippen LogP contribution in [0.2, 0.25) is 0 Å². The largest absolute Gasteiger partial charge is 0.496 e. The van der Waals surface area contributed by atoms with Crippen molar-refractivity contribution in [1.29, 1.82) is 0 Å². The van der Waals surface area contributed by atoms with Gasteiger partial charge >= 0.3 is 0 Å². The number of benzene rings is 2. The van der Waals surface area contributed by atoms with Crippen LogP contribution in [0.3, 0.4) is 0 Å². The number of rotatable bonds is 6. The standard InChI is InChI=1S/C11H17NO3.C11H15NO2/c1-11(2,13)10-8(14-3)5-7(12)6-9(10)15-4;1-7(2)11-9(13-3)5-8(12)6-10(11)14-4/h5-6,13H,12H2,1-4H3;5-6H,1,12H2,2-4H3. The van der Waals surface area contributed by atoms with E-state index >= 15 is 0 Å². The highest BCUT2D eigenvalue weighted by molar-refractivity contribution is 5.75. The molecule has 0 heterocycles. The lowest BCUT2D eigenvalue weighted by Crippen LogP contribution is -2.18. The zero-order valence-corrected chi connectivity index (χ0v) is 18.3. The molecule has 5 N–H and O–H groups in total. The summed E-state index contributed by atoms with van der Waals surface area (Å²) >= 11 is 0. The SMILES string of the molecule is C=C(C)c1c(OC)cc(N)cc1OC.COc1cc(N)cc(OC)c1C(C)(C)O. The number of ether oxygens (including phenoxy) is 4. The van der Waals surface area contributed by atoms with Gasteiger partial charge in [0.2, 0.25) is 0 Å². The van der Waals surface area contributed by atoms with E-state index in [4.69, 9.17) is 30.4 Å². The van der Waals surface area contributed by atoms with Crippen molar-refractivity contribution in [3.05, 3.63) is 42.0 Å². The lowest BCUT2D eigenvalue weighted by Gasteiger charge is -2.23. The smallest absolute Gasteiger partial charge is 0.132 e. The van der Waals surface area contributed by atoms with E-state index in [1.165, 1.54) is 14.2 Å². The number of allylic oxidation sites excluding steroid dienone is 1. The second kappa shape index (κ2) is 9.93. The van der Waals surface area contributed by atoms with Gasteiger partial charge in [-0.15, -0.1) is 0 Å². The number of methoxy groups -OCH3 is 4. The van der Waals surface area contributed by atoms with E-state index in [9.17, 15) is 5.11 Å². The van der Waals surface area contributed by atoms with E-state index in [0.29, 0.717) is 39.9 Å². The molecule has 0 aromatic heterocycles. The number of anilines is 2. The first-order chi connectivity index (χ1) is 13.5. The van der Waals surface area contributed by atoms with E-state index in [2.05, 4.69) is 6.58 Å². The molecule has 160 valence electrons. The molecular weight excluding hydrogens is 372 g/mol. The lowest BCUT2D eigenvalue weighted by molar-refractivity contribution is 0.0726. The Labute approximate surface area is 172 Å². The van der Waals surface area contributed by atoms with Gasteiger partial charge in [-0.05, 0) is 26.3 Å². The molecule has 0 radical (unpaired) electrons. The van der Waals surface area contributed by atoms with Crippen molar-refractivity contribution in [2.24, 2.45) is 0 Å². The molecule has 2 aromatic carbocycles. The monoisotopic (exact) mass is 404 g/mol. The van der Waals surface area contributed by atoms with Gasteiger partial charge in [0, 0.05) is 35.6 Å². The van der Waals surface area contributed by atoms with Crippen molar-refractivity contribution in [1.82, 2.24) is 0 Å². The van der Waals surface area contributed by atoms with Gasteiger partial charge in [-0.2, -0.15) is 0 Å². The summed E-state index contributed by atoms with van der Waals surface area (Å²) in [6.07, 6.45) is 0. The number of aliphatic hydroxyl groups is 1. The minimum atomic E-state index is -1.04. The fourth-order valence-corrected chi connectivity index (χ4v) is 2.89. The topological polar surface area (TPSA) is 109 Å². The maximum absolute atomic E-state index is 10.0. The van der Waals surface area contributed by atoms with Gasteiger partial charge in [0.25, 0.3) is 0 Å². The second-order valence-corrected chi connectivity index (χ2v) is 6.94. The molecule has 0 spiro atoms. The maximum Gasteiger partial charge on any atom is 0.132 e. The number of nitrogen functional groups attached to an aromatic ring is 2. The highest BCUT2D eigenvalue weighted by atomic mass is 16.5. The quantitative estimate of drug-likeness (QED) is 0.628. The van der Waals surface area contributed by atoms with E-state index < -0.39 is 5.60 Å². The van der Waals surface area contributed by atoms with Crippen LogP contribution >= 0.6 is 0 Å². The van der Waals surface area contributed by atoms with Gasteiger partial charge in [0.1, 0.15) is 23.0 Å². The minimum Gasteiger partial charge on any atom is -0.496 e. The third-order valence-corrected chi connectivity index (χ3v) is 4.09. The molecule has 0 aliphatic rings. The van der Waals surface area contributed by atoms with Crippen molar-refractivity contribution >= 4 is 16.9 Å². The highest BCUT2D eigenvalue weighted by Crippen LogP contribution is 2.39. The van der Waals surface area contributed by atoms with Crippen LogP contribution in [0.1, 0.15) is 31.9 Å². The summed E-state index contributed by atoms with van der Waals surface area (Å²) in [5.74, 6) is 2.43. The van der Waals surface area contributed by atoms with Crippen LogP contribution in [0.25, 0.3) is 5.57 Å². The van der Waals surface area contributed by atoms with Crippen LogP contribution in [-0.4, -0.2) is 33.5 Å². The summed E-state index contributed by atoms with van der Waals surface area (Å²) in [5.41, 5.74) is 13.8. The molecule has 7 heteroatoms. The van der Waals surface area contributed by atoms with Crippen molar-refractivity contribution in [3.8, 4) is 23.0 Å². The van der Waals surface area contributed by atoms with Gasteiger partial charge in [-0.1, -0.05) is 6.58 Å². The molecule has 0 bridgehead atoms. The van der Waals surface area contributed by atoms with Crippen molar-refractivity contribution < 1.29 is 24.1 Å². The van der Waals surface area contributed by atoms with Gasteiger partial charge in [-0.3, -0.25) is 0 Å². The Morgan fingerprint density at radius 3 is 1.34 bits per heavy atom. The van der Waals surface area contributed by atoms with E-state index in [-0.39, 0.29) is 0 Å². The second-order valence-electron chi connectivity index (χ2n) is 6.94. The molecule has 0 fully saturated rings. The Morgan fingerprint density at radius 2 is 1.10 bits per heavy atom. The molecule has 7 nitrogen and oxygen atoms in total. The highest BCUT2D eigenvalue weighted by Gasteiger charge is 2.26. The fraction of sp³-hybridized carbons (Fsp3) is 0.364. The first kappa shape index (κ1) is 24.0. The molecule has 0 amide bonds. The van der Waals surface area contributed by atoms with E-state index in [1.807, 2.05) is 6.92 Å². The Hall–Kier alpha value is -3.06. The number of nitrogens with two attached hydrogens (primary N) is 2. The number of hydrogen-bond acceptors (Lipinski definition) is 7. The first-order valence-electron chi connectivity index (χ1n) is 8.91. The zero-order chi connectivity index (χ0) is 22.4. The number of hydrogen-bond donors (Lipinski definition) is 3. The molecule has 0 atom stereocenters.